The highest BCUT2D eigenvalue weighted by Crippen LogP contribution is 2.39. The summed E-state index contributed by atoms with van der Waals surface area (Å²) in [5, 5.41) is 3.61. The van der Waals surface area contributed by atoms with Gasteiger partial charge in [0.2, 0.25) is 6.79 Å². The maximum absolute atomic E-state index is 5.55. The molecule has 0 bridgehead atoms. The molecule has 6 heteroatoms. The average Bonchev–Trinajstić information content (AvgIpc) is 3.07. The molecular weight excluding hydrogens is 342 g/mol. The normalized spacial score (nSPS) is 17.4. The first kappa shape index (κ1) is 17.7. The Kier molecular flexibility index (Phi) is 5.25. The second-order valence-electron chi connectivity index (χ2n) is 6.09. The molecule has 4 rings (SSSR count). The van der Waals surface area contributed by atoms with Crippen LogP contribution < -0.4 is 24.3 Å². The summed E-state index contributed by atoms with van der Waals surface area (Å²) in [5.41, 5.74) is 3.79. The van der Waals surface area contributed by atoms with Crippen molar-refractivity contribution in [1.82, 2.24) is 5.32 Å². The lowest BCUT2D eigenvalue weighted by atomic mass is 9.90. The van der Waals surface area contributed by atoms with Crippen LogP contribution in [-0.4, -0.2) is 27.6 Å². The first-order chi connectivity index (χ1) is 11.8. The van der Waals surface area contributed by atoms with E-state index in [1.54, 1.807) is 14.2 Å². The van der Waals surface area contributed by atoms with Crippen molar-refractivity contribution in [2.45, 2.75) is 18.9 Å². The van der Waals surface area contributed by atoms with E-state index < -0.39 is 0 Å². The molecule has 1 unspecified atom stereocenters. The Labute approximate surface area is 153 Å². The summed E-state index contributed by atoms with van der Waals surface area (Å²) in [7, 11) is 3.35. The zero-order chi connectivity index (χ0) is 16.5. The van der Waals surface area contributed by atoms with Crippen LogP contribution in [0.2, 0.25) is 0 Å². The molecule has 0 radical (unpaired) electrons. The van der Waals surface area contributed by atoms with E-state index in [-0.39, 0.29) is 18.4 Å². The van der Waals surface area contributed by atoms with Gasteiger partial charge >= 0.3 is 0 Å². The molecule has 2 aliphatic heterocycles. The van der Waals surface area contributed by atoms with Crippen molar-refractivity contribution in [3.05, 3.63) is 47.0 Å². The van der Waals surface area contributed by atoms with Gasteiger partial charge in [0.15, 0.2) is 11.5 Å². The molecule has 0 spiro atoms. The van der Waals surface area contributed by atoms with E-state index in [4.69, 9.17) is 18.9 Å². The van der Waals surface area contributed by atoms with Gasteiger partial charge in [0, 0.05) is 12.1 Å². The summed E-state index contributed by atoms with van der Waals surface area (Å²) in [4.78, 5) is 0. The molecule has 5 nitrogen and oxygen atoms in total. The summed E-state index contributed by atoms with van der Waals surface area (Å²) in [5.74, 6) is 3.32. The van der Waals surface area contributed by atoms with Crippen molar-refractivity contribution in [3.8, 4) is 23.0 Å². The summed E-state index contributed by atoms with van der Waals surface area (Å²) in [6.07, 6.45) is 1.87. The quantitative estimate of drug-likeness (QED) is 0.903. The first-order valence-corrected chi connectivity index (χ1v) is 8.14. The minimum absolute atomic E-state index is 0. The van der Waals surface area contributed by atoms with Gasteiger partial charge in [0.1, 0.15) is 11.5 Å². The molecule has 0 aromatic heterocycles. The molecule has 2 aromatic rings. The highest BCUT2D eigenvalue weighted by atomic mass is 35.5. The molecule has 0 aliphatic carbocycles. The van der Waals surface area contributed by atoms with Gasteiger partial charge in [-0.25, -0.2) is 0 Å². The standard InChI is InChI=1S/C19H21NO4.ClH/c1-21-14-5-12(6-15(9-14)22-2)7-17-16-10-19-18(23-11-24-19)8-13(16)3-4-20-17;/h5-6,8-10,17,20H,3-4,7,11H2,1-2H3;1H. The first-order valence-electron chi connectivity index (χ1n) is 8.14. The Morgan fingerprint density at radius 1 is 1.00 bits per heavy atom. The smallest absolute Gasteiger partial charge is 0.231 e. The Bertz CT molecular complexity index is 743. The number of methoxy groups -OCH3 is 2. The van der Waals surface area contributed by atoms with Crippen LogP contribution in [0.25, 0.3) is 0 Å². The van der Waals surface area contributed by atoms with Gasteiger partial charge in [-0.05, 0) is 60.3 Å². The highest BCUT2D eigenvalue weighted by Gasteiger charge is 2.25. The second kappa shape index (κ2) is 7.42. The number of hydrogen-bond donors (Lipinski definition) is 1. The summed E-state index contributed by atoms with van der Waals surface area (Å²) in [6, 6.07) is 10.5. The van der Waals surface area contributed by atoms with Gasteiger partial charge in [-0.15, -0.1) is 12.4 Å². The van der Waals surface area contributed by atoms with Gasteiger partial charge in [0.25, 0.3) is 0 Å². The minimum Gasteiger partial charge on any atom is -0.497 e. The predicted molar refractivity (Wildman–Crippen MR) is 97.5 cm³/mol. The molecule has 1 N–H and O–H groups in total. The molecule has 2 aromatic carbocycles. The zero-order valence-electron chi connectivity index (χ0n) is 14.3. The Balaban J connectivity index is 0.00000182. The molecule has 0 saturated carbocycles. The van der Waals surface area contributed by atoms with Crippen molar-refractivity contribution in [1.29, 1.82) is 0 Å². The SMILES string of the molecule is COc1cc(CC2NCCc3cc4c(cc32)OCO4)cc(OC)c1.Cl. The molecule has 2 aliphatic rings. The summed E-state index contributed by atoms with van der Waals surface area (Å²) < 4.78 is 21.8. The number of fused-ring (bicyclic) bond motifs is 2. The Morgan fingerprint density at radius 3 is 2.36 bits per heavy atom. The van der Waals surface area contributed by atoms with E-state index in [2.05, 4.69) is 29.6 Å². The van der Waals surface area contributed by atoms with Crippen molar-refractivity contribution < 1.29 is 18.9 Å². The third-order valence-corrected chi connectivity index (χ3v) is 4.65. The number of rotatable bonds is 4. The lowest BCUT2D eigenvalue weighted by Crippen LogP contribution is -2.31. The van der Waals surface area contributed by atoms with E-state index in [9.17, 15) is 0 Å². The van der Waals surface area contributed by atoms with Gasteiger partial charge < -0.3 is 24.3 Å². The van der Waals surface area contributed by atoms with E-state index >= 15 is 0 Å². The van der Waals surface area contributed by atoms with Crippen molar-refractivity contribution in [2.24, 2.45) is 0 Å². The number of benzene rings is 2. The van der Waals surface area contributed by atoms with Crippen LogP contribution in [0.5, 0.6) is 23.0 Å². The zero-order valence-corrected chi connectivity index (χ0v) is 15.2. The van der Waals surface area contributed by atoms with Crippen LogP contribution in [0.3, 0.4) is 0 Å². The predicted octanol–water partition coefficient (Wildman–Crippen LogP) is 3.28. The summed E-state index contributed by atoms with van der Waals surface area (Å²) >= 11 is 0. The number of ether oxygens (including phenoxy) is 4. The highest BCUT2D eigenvalue weighted by molar-refractivity contribution is 5.85. The van der Waals surface area contributed by atoms with Crippen LogP contribution in [0.1, 0.15) is 22.7 Å². The van der Waals surface area contributed by atoms with E-state index in [0.29, 0.717) is 6.79 Å². The van der Waals surface area contributed by atoms with Crippen molar-refractivity contribution in [3.63, 3.8) is 0 Å². The fourth-order valence-electron chi connectivity index (χ4n) is 3.43. The van der Waals surface area contributed by atoms with Crippen LogP contribution >= 0.6 is 12.4 Å². The van der Waals surface area contributed by atoms with Crippen molar-refractivity contribution in [2.75, 3.05) is 27.6 Å². The van der Waals surface area contributed by atoms with Gasteiger partial charge in [-0.2, -0.15) is 0 Å². The fraction of sp³-hybridized carbons (Fsp3) is 0.368. The largest absolute Gasteiger partial charge is 0.497 e. The monoisotopic (exact) mass is 363 g/mol. The molecule has 1 atom stereocenters. The molecule has 134 valence electrons. The maximum Gasteiger partial charge on any atom is 0.231 e. The molecule has 0 saturated heterocycles. The van der Waals surface area contributed by atoms with E-state index in [0.717, 1.165) is 42.4 Å². The molecule has 0 fully saturated rings. The lowest BCUT2D eigenvalue weighted by Gasteiger charge is -2.27. The second-order valence-corrected chi connectivity index (χ2v) is 6.09. The van der Waals surface area contributed by atoms with Gasteiger partial charge in [-0.3, -0.25) is 0 Å². The average molecular weight is 364 g/mol. The lowest BCUT2D eigenvalue weighted by molar-refractivity contribution is 0.174. The minimum atomic E-state index is 0. The summed E-state index contributed by atoms with van der Waals surface area (Å²) in [6.45, 7) is 1.27. The van der Waals surface area contributed by atoms with Crippen LogP contribution in [0.4, 0.5) is 0 Å². The third kappa shape index (κ3) is 3.48. The molecule has 0 amide bonds. The molecular formula is C19H22ClNO4. The topological polar surface area (TPSA) is 49.0 Å². The van der Waals surface area contributed by atoms with Gasteiger partial charge in [-0.1, -0.05) is 0 Å². The van der Waals surface area contributed by atoms with E-state index in [1.807, 2.05) is 6.07 Å². The number of hydrogen-bond acceptors (Lipinski definition) is 5. The van der Waals surface area contributed by atoms with Crippen LogP contribution in [-0.2, 0) is 12.8 Å². The Hall–Kier alpha value is -2.11. The van der Waals surface area contributed by atoms with Crippen LogP contribution in [0.15, 0.2) is 30.3 Å². The number of nitrogens with one attached hydrogen (secondary N) is 1. The maximum atomic E-state index is 5.55. The Morgan fingerprint density at radius 2 is 1.68 bits per heavy atom. The van der Waals surface area contributed by atoms with Crippen molar-refractivity contribution >= 4 is 12.4 Å². The molecule has 25 heavy (non-hydrogen) atoms. The third-order valence-electron chi connectivity index (χ3n) is 4.65. The fourth-order valence-corrected chi connectivity index (χ4v) is 3.43. The van der Waals surface area contributed by atoms with Crippen LogP contribution in [0, 0.1) is 0 Å². The van der Waals surface area contributed by atoms with Gasteiger partial charge in [0.05, 0.1) is 14.2 Å². The number of halogens is 1. The van der Waals surface area contributed by atoms with E-state index in [1.165, 1.54) is 16.7 Å². The molecule has 2 heterocycles.